The molecule has 6 atom stereocenters. The topological polar surface area (TPSA) is 246 Å². The second-order valence-electron chi connectivity index (χ2n) is 21.5. The van der Waals surface area contributed by atoms with Crippen molar-refractivity contribution in [2.75, 3.05) is 32.9 Å². The predicted octanol–water partition coefficient (Wildman–Crippen LogP) is 4.32. The number of nitrogens with zero attached hydrogens (tertiary/aromatic N) is 5. The molecule has 396 valence electrons. The fourth-order valence-electron chi connectivity index (χ4n) is 9.11. The lowest BCUT2D eigenvalue weighted by molar-refractivity contribution is -0.144. The van der Waals surface area contributed by atoms with Crippen molar-refractivity contribution in [3.63, 3.8) is 0 Å². The maximum atomic E-state index is 14.2. The third kappa shape index (κ3) is 13.1. The number of aliphatic hydroxyl groups is 2. The van der Waals surface area contributed by atoms with Gasteiger partial charge in [-0.3, -0.25) is 33.6 Å². The molecular formula is C53H67N9O10S2. The van der Waals surface area contributed by atoms with Crippen LogP contribution in [0.4, 0.5) is 0 Å². The highest BCUT2D eigenvalue weighted by Crippen LogP contribution is 2.41. The quantitative estimate of drug-likeness (QED) is 0.0569. The highest BCUT2D eigenvalue weighted by molar-refractivity contribution is 7.13. The Balaban J connectivity index is 0.939. The van der Waals surface area contributed by atoms with Crippen LogP contribution in [0.25, 0.3) is 25.7 Å². The Bertz CT molecular complexity index is 2750. The van der Waals surface area contributed by atoms with Crippen molar-refractivity contribution in [3.05, 3.63) is 87.4 Å². The van der Waals surface area contributed by atoms with E-state index in [1.54, 1.807) is 63.9 Å². The van der Waals surface area contributed by atoms with Crippen molar-refractivity contribution in [1.82, 2.24) is 41.0 Å². The summed E-state index contributed by atoms with van der Waals surface area (Å²) in [5.74, 6) is -2.63. The smallest absolute Gasteiger partial charge is 0.309 e. The number of nitrogens with one attached hydrogen (secondary N) is 4. The maximum Gasteiger partial charge on any atom is 0.309 e. The molecule has 0 unspecified atom stereocenters. The van der Waals surface area contributed by atoms with Crippen LogP contribution in [0.3, 0.4) is 0 Å². The van der Waals surface area contributed by atoms with Gasteiger partial charge in [-0.2, -0.15) is 0 Å². The van der Waals surface area contributed by atoms with Gasteiger partial charge in [0.15, 0.2) is 0 Å². The van der Waals surface area contributed by atoms with Gasteiger partial charge < -0.3 is 50.8 Å². The van der Waals surface area contributed by atoms with E-state index >= 15 is 0 Å². The van der Waals surface area contributed by atoms with Crippen molar-refractivity contribution in [2.45, 2.75) is 136 Å². The summed E-state index contributed by atoms with van der Waals surface area (Å²) in [5, 5.41) is 32.8. The second-order valence-corrected chi connectivity index (χ2v) is 23.2. The molecule has 0 radical (unpaired) electrons. The van der Waals surface area contributed by atoms with Gasteiger partial charge >= 0.3 is 11.4 Å². The molecule has 4 aromatic rings. The molecule has 2 saturated heterocycles. The van der Waals surface area contributed by atoms with Crippen LogP contribution in [0.15, 0.2) is 53.5 Å². The van der Waals surface area contributed by atoms with E-state index < -0.39 is 94.8 Å². The van der Waals surface area contributed by atoms with E-state index in [4.69, 9.17) is 16.0 Å². The highest BCUT2D eigenvalue weighted by Gasteiger charge is 2.60. The van der Waals surface area contributed by atoms with Crippen LogP contribution in [0.2, 0.25) is 0 Å². The van der Waals surface area contributed by atoms with Gasteiger partial charge in [-0.05, 0) is 47.4 Å². The molecule has 6 N–H and O–H groups in total. The number of rotatable bonds is 19. The Labute approximate surface area is 439 Å². The van der Waals surface area contributed by atoms with E-state index in [0.29, 0.717) is 24.2 Å². The van der Waals surface area contributed by atoms with E-state index in [2.05, 4.69) is 36.1 Å². The van der Waals surface area contributed by atoms with E-state index in [-0.39, 0.29) is 52.2 Å². The molecule has 1 saturated carbocycles. The van der Waals surface area contributed by atoms with E-state index in [1.807, 2.05) is 56.3 Å². The Morgan fingerprint density at radius 1 is 0.757 bits per heavy atom. The van der Waals surface area contributed by atoms with Gasteiger partial charge in [-0.15, -0.1) is 22.7 Å². The average Bonchev–Trinajstić information content (AvgIpc) is 3.65. The minimum Gasteiger partial charge on any atom is -0.491 e. The lowest BCUT2D eigenvalue weighted by atomic mass is 9.85. The highest BCUT2D eigenvalue weighted by atomic mass is 32.1. The molecule has 4 heterocycles. The molecule has 6 amide bonds. The molecule has 19 nitrogen and oxygen atoms in total. The Morgan fingerprint density at radius 2 is 1.27 bits per heavy atom. The number of benzene rings is 2. The van der Waals surface area contributed by atoms with Crippen molar-refractivity contribution in [2.24, 2.45) is 10.8 Å². The first-order chi connectivity index (χ1) is 35.0. The molecule has 2 aliphatic heterocycles. The molecule has 2 aromatic heterocycles. The fourth-order valence-corrected chi connectivity index (χ4v) is 10.7. The summed E-state index contributed by atoms with van der Waals surface area (Å²) in [5.41, 5.74) is 5.86. The summed E-state index contributed by atoms with van der Waals surface area (Å²) in [4.78, 5) is 99.1. The van der Waals surface area contributed by atoms with Crippen LogP contribution >= 0.6 is 22.7 Å². The van der Waals surface area contributed by atoms with Crippen LogP contribution in [0.5, 0.6) is 5.75 Å². The zero-order valence-corrected chi connectivity index (χ0v) is 44.8. The molecule has 0 bridgehead atoms. The van der Waals surface area contributed by atoms with Crippen LogP contribution in [0.1, 0.15) is 89.7 Å². The number of carbonyl (C=O) groups is 6. The maximum absolute atomic E-state index is 14.2. The fraction of sp³-hybridized carbons (Fsp3) is 0.528. The summed E-state index contributed by atoms with van der Waals surface area (Å²) in [7, 11) is 0. The number of carbonyl (C=O) groups excluding carboxylic acids is 6. The zero-order valence-electron chi connectivity index (χ0n) is 43.2. The number of aliphatic hydroxyl groups excluding tert-OH is 2. The van der Waals surface area contributed by atoms with E-state index in [0.717, 1.165) is 37.8 Å². The number of amides is 6. The van der Waals surface area contributed by atoms with Gasteiger partial charge in [0.1, 0.15) is 43.1 Å². The third-order valence-corrected chi connectivity index (χ3v) is 15.5. The number of hydrogen-bond donors (Lipinski definition) is 6. The Morgan fingerprint density at radius 3 is 1.77 bits per heavy atom. The summed E-state index contributed by atoms with van der Waals surface area (Å²) < 4.78 is 12.0. The lowest BCUT2D eigenvalue weighted by Gasteiger charge is -2.35. The van der Waals surface area contributed by atoms with Crippen LogP contribution < -0.4 is 26.0 Å². The first kappa shape index (κ1) is 55.4. The van der Waals surface area contributed by atoms with Gasteiger partial charge in [0.05, 0.1) is 51.0 Å². The average molecular weight is 1050 g/mol. The normalized spacial score (nSPS) is 20.0. The number of ether oxygens (including phenoxy) is 2. The first-order valence-corrected chi connectivity index (χ1v) is 26.5. The van der Waals surface area contributed by atoms with E-state index in [1.165, 1.54) is 21.1 Å². The van der Waals surface area contributed by atoms with Crippen LogP contribution in [0, 0.1) is 31.2 Å². The zero-order chi connectivity index (χ0) is 53.7. The van der Waals surface area contributed by atoms with Crippen LogP contribution in [-0.4, -0.2) is 140 Å². The largest absolute Gasteiger partial charge is 0.491 e. The summed E-state index contributed by atoms with van der Waals surface area (Å²) in [6.45, 7) is 21.7. The van der Waals surface area contributed by atoms with Gasteiger partial charge in [-0.25, -0.2) is 16.5 Å². The Hall–Kier alpha value is -6.31. The molecule has 3 aliphatic rings. The minimum atomic E-state index is -1.18. The summed E-state index contributed by atoms with van der Waals surface area (Å²) in [6, 6.07) is 9.21. The van der Waals surface area contributed by atoms with Crippen LogP contribution in [-0.2, 0) is 46.6 Å². The van der Waals surface area contributed by atoms with Gasteiger partial charge in [0, 0.05) is 57.4 Å². The molecule has 74 heavy (non-hydrogen) atoms. The summed E-state index contributed by atoms with van der Waals surface area (Å²) in [6.07, 6.45) is -1.05. The third-order valence-electron chi connectivity index (χ3n) is 13.6. The van der Waals surface area contributed by atoms with Crippen molar-refractivity contribution < 1.29 is 48.5 Å². The molecule has 21 heteroatoms. The first-order valence-electron chi connectivity index (χ1n) is 24.7. The van der Waals surface area contributed by atoms with Crippen molar-refractivity contribution >= 4 is 58.1 Å². The molecule has 2 aromatic carbocycles. The van der Waals surface area contributed by atoms with Crippen molar-refractivity contribution in [1.29, 1.82) is 0 Å². The molecular weight excluding hydrogens is 987 g/mol. The van der Waals surface area contributed by atoms with Crippen molar-refractivity contribution in [3.8, 4) is 26.6 Å². The van der Waals surface area contributed by atoms with Gasteiger partial charge in [0.25, 0.3) is 0 Å². The van der Waals surface area contributed by atoms with E-state index in [9.17, 15) is 39.0 Å². The monoisotopic (exact) mass is 1050 g/mol. The SMILES string of the molecule is [C-]#[N+]C1(C(=O)N[C@H](C(=O)N2C[C@H](O)C[C@H]2C(=O)NCc2ccc(-c3scnc3C)cc2OCCOCC(=O)N[C@H](C(=O)N2C[C@H](O)C[C@H]2C(=O)NCc2ccc(-c3scnc3C)cc2)C(C)(C)C)C(C)(C)C)CC1. The predicted molar refractivity (Wildman–Crippen MR) is 278 cm³/mol. The number of hydrogen-bond acceptors (Lipinski definition) is 14. The standard InChI is InChI=1S/C53H67N9O10S2/c1-30-42(73-28-57-30)33-12-10-32(11-13-33)23-55-46(66)38-21-36(63)25-61(38)48(68)44(51(3,4)5)59-41(65)27-71-18-19-72-40-20-34(43-31(2)58-29-74-43)14-15-35(40)24-56-47(67)39-22-37(64)26-62(39)49(69)45(52(6,7)8)60-50(70)53(54-9)16-17-53/h10-15,20,28-29,36-39,44-45,63-64H,16-19,21-27H2,1-8H3,(H,55,66)(H,56,67)(H,59,65)(H,60,70)/t36-,37-,38+,39+,44-,45-/m1/s1. The molecule has 7 rings (SSSR count). The second kappa shape index (κ2) is 23.1. The van der Waals surface area contributed by atoms with Gasteiger partial charge in [0.2, 0.25) is 29.5 Å². The number of aryl methyl sites for hydroxylation is 2. The molecule has 0 spiro atoms. The number of aromatic nitrogens is 2. The molecule has 1 aliphatic carbocycles. The number of thiazole rings is 2. The van der Waals surface area contributed by atoms with Gasteiger partial charge in [-0.1, -0.05) is 77.9 Å². The lowest BCUT2D eigenvalue weighted by Crippen LogP contribution is -2.59. The molecule has 3 fully saturated rings. The minimum absolute atomic E-state index is 0.00877. The number of β-amino-alcohol motifs (C(OH)–C–C–N with tert-alkyl or cyclic N) is 2. The number of likely N-dealkylation sites (tertiary alicyclic amines) is 2. The Kier molecular flexibility index (Phi) is 17.3. The summed E-state index contributed by atoms with van der Waals surface area (Å²) >= 11 is 3.01.